The third-order valence-electron chi connectivity index (χ3n) is 3.47. The van der Waals surface area contributed by atoms with E-state index in [1.54, 1.807) is 37.0 Å². The van der Waals surface area contributed by atoms with Gasteiger partial charge in [0, 0.05) is 11.9 Å². The number of hydrogen-bond acceptors (Lipinski definition) is 4. The Morgan fingerprint density at radius 3 is 2.70 bits per heavy atom. The van der Waals surface area contributed by atoms with Crippen LogP contribution in [0, 0.1) is 18.3 Å². The molecule has 120 valence electrons. The number of ether oxygens (including phenoxy) is 1. The Morgan fingerprint density at radius 2 is 2.17 bits per heavy atom. The lowest BCUT2D eigenvalue weighted by atomic mass is 10.0. The van der Waals surface area contributed by atoms with E-state index in [2.05, 4.69) is 10.4 Å². The van der Waals surface area contributed by atoms with Gasteiger partial charge in [-0.3, -0.25) is 9.48 Å². The Bertz CT molecular complexity index is 790. The highest BCUT2D eigenvalue weighted by atomic mass is 35.5. The average molecular weight is 333 g/mol. The molecule has 7 heteroatoms. The molecule has 0 bridgehead atoms. The van der Waals surface area contributed by atoms with E-state index in [4.69, 9.17) is 21.6 Å². The zero-order valence-corrected chi connectivity index (χ0v) is 14.1. The van der Waals surface area contributed by atoms with Crippen molar-refractivity contribution in [2.45, 2.75) is 26.3 Å². The number of benzene rings is 1. The molecule has 0 aliphatic rings. The minimum Gasteiger partial charge on any atom is -0.494 e. The third-order valence-corrected chi connectivity index (χ3v) is 3.75. The van der Waals surface area contributed by atoms with Crippen molar-refractivity contribution in [2.75, 3.05) is 12.4 Å². The summed E-state index contributed by atoms with van der Waals surface area (Å²) < 4.78 is 6.68. The lowest BCUT2D eigenvalue weighted by Gasteiger charge is -2.24. The van der Waals surface area contributed by atoms with Crippen LogP contribution < -0.4 is 10.1 Å². The van der Waals surface area contributed by atoms with E-state index in [9.17, 15) is 4.79 Å². The van der Waals surface area contributed by atoms with Crippen LogP contribution in [0.4, 0.5) is 5.69 Å². The lowest BCUT2D eigenvalue weighted by molar-refractivity contribution is -0.123. The van der Waals surface area contributed by atoms with Crippen molar-refractivity contribution >= 4 is 23.2 Å². The van der Waals surface area contributed by atoms with Crippen molar-refractivity contribution in [3.63, 3.8) is 0 Å². The molecule has 0 radical (unpaired) electrons. The molecule has 1 aromatic carbocycles. The normalized spacial score (nSPS) is 11.0. The van der Waals surface area contributed by atoms with E-state index in [1.165, 1.54) is 13.2 Å². The van der Waals surface area contributed by atoms with Crippen molar-refractivity contribution in [1.82, 2.24) is 9.78 Å². The number of rotatable bonds is 4. The van der Waals surface area contributed by atoms with Gasteiger partial charge >= 0.3 is 0 Å². The van der Waals surface area contributed by atoms with Gasteiger partial charge < -0.3 is 10.1 Å². The van der Waals surface area contributed by atoms with Crippen LogP contribution in [0.25, 0.3) is 0 Å². The number of aryl methyl sites for hydroxylation is 1. The Hall–Kier alpha value is -2.52. The number of aromatic nitrogens is 2. The topological polar surface area (TPSA) is 79.9 Å². The van der Waals surface area contributed by atoms with Gasteiger partial charge in [0.1, 0.15) is 11.6 Å². The van der Waals surface area contributed by atoms with Gasteiger partial charge in [-0.25, -0.2) is 0 Å². The lowest BCUT2D eigenvalue weighted by Crippen LogP contribution is -2.40. The molecule has 1 amide bonds. The van der Waals surface area contributed by atoms with Crippen LogP contribution in [0.1, 0.15) is 25.0 Å². The number of nitrogens with one attached hydrogen (secondary N) is 1. The molecule has 1 aromatic heterocycles. The molecule has 0 unspecified atom stereocenters. The summed E-state index contributed by atoms with van der Waals surface area (Å²) in [6, 6.07) is 5.06. The van der Waals surface area contributed by atoms with E-state index in [-0.39, 0.29) is 22.2 Å². The van der Waals surface area contributed by atoms with Gasteiger partial charge in [-0.1, -0.05) is 11.6 Å². The summed E-state index contributed by atoms with van der Waals surface area (Å²) in [7, 11) is 1.43. The number of nitrogens with zero attached hydrogens (tertiary/aromatic N) is 3. The Morgan fingerprint density at radius 1 is 1.48 bits per heavy atom. The zero-order chi connectivity index (χ0) is 17.2. The van der Waals surface area contributed by atoms with Crippen LogP contribution in [0.15, 0.2) is 24.5 Å². The number of hydrogen-bond donors (Lipinski definition) is 1. The van der Waals surface area contributed by atoms with Crippen LogP contribution in [0.5, 0.6) is 5.75 Å². The van der Waals surface area contributed by atoms with E-state index >= 15 is 0 Å². The molecule has 0 saturated carbocycles. The first kappa shape index (κ1) is 16.8. The van der Waals surface area contributed by atoms with Gasteiger partial charge in [0.15, 0.2) is 5.75 Å². The SMILES string of the molecule is COc1c(Cl)cc(NC(=O)C(C)(C)n2cc(C)cn2)cc1C#N. The zero-order valence-electron chi connectivity index (χ0n) is 13.3. The highest BCUT2D eigenvalue weighted by Crippen LogP contribution is 2.32. The molecule has 0 atom stereocenters. The summed E-state index contributed by atoms with van der Waals surface area (Å²) in [5.74, 6) is 0.0138. The number of nitriles is 1. The van der Waals surface area contributed by atoms with Crippen LogP contribution in [0.3, 0.4) is 0 Å². The minimum absolute atomic E-state index is 0.253. The smallest absolute Gasteiger partial charge is 0.251 e. The summed E-state index contributed by atoms with van der Waals surface area (Å²) in [6.45, 7) is 5.41. The second-order valence-corrected chi connectivity index (χ2v) is 6.03. The molecule has 2 aromatic rings. The second kappa shape index (κ2) is 6.31. The molecule has 0 spiro atoms. The third kappa shape index (κ3) is 3.30. The number of anilines is 1. The number of amides is 1. The van der Waals surface area contributed by atoms with Crippen LogP contribution in [-0.4, -0.2) is 22.8 Å². The summed E-state index contributed by atoms with van der Waals surface area (Å²) in [5, 5.41) is 16.4. The number of halogens is 1. The van der Waals surface area contributed by atoms with E-state index in [0.29, 0.717) is 5.69 Å². The first-order chi connectivity index (χ1) is 10.8. The monoisotopic (exact) mass is 332 g/mol. The van der Waals surface area contributed by atoms with Gasteiger partial charge in [0.2, 0.25) is 0 Å². The largest absolute Gasteiger partial charge is 0.494 e. The number of methoxy groups -OCH3 is 1. The predicted octanol–water partition coefficient (Wildman–Crippen LogP) is 3.10. The molecular formula is C16H17ClN4O2. The Kier molecular flexibility index (Phi) is 4.62. The Balaban J connectivity index is 2.30. The summed E-state index contributed by atoms with van der Waals surface area (Å²) in [4.78, 5) is 12.6. The van der Waals surface area contributed by atoms with Crippen molar-refractivity contribution in [3.8, 4) is 11.8 Å². The standard InChI is InChI=1S/C16H17ClN4O2/c1-10-8-19-21(9-10)16(2,3)15(22)20-12-5-11(7-18)14(23-4)13(17)6-12/h5-6,8-9H,1-4H3,(H,20,22). The van der Waals surface area contributed by atoms with E-state index in [0.717, 1.165) is 5.56 Å². The molecule has 6 nitrogen and oxygen atoms in total. The summed E-state index contributed by atoms with van der Waals surface area (Å²) >= 11 is 6.09. The highest BCUT2D eigenvalue weighted by molar-refractivity contribution is 6.32. The van der Waals surface area contributed by atoms with Gasteiger partial charge in [0.25, 0.3) is 5.91 Å². The first-order valence-electron chi connectivity index (χ1n) is 6.90. The summed E-state index contributed by atoms with van der Waals surface area (Å²) in [5.41, 5.74) is 0.746. The predicted molar refractivity (Wildman–Crippen MR) is 87.6 cm³/mol. The second-order valence-electron chi connectivity index (χ2n) is 5.63. The molecule has 23 heavy (non-hydrogen) atoms. The highest BCUT2D eigenvalue weighted by Gasteiger charge is 2.30. The van der Waals surface area contributed by atoms with Crippen molar-refractivity contribution in [1.29, 1.82) is 5.26 Å². The van der Waals surface area contributed by atoms with Crippen LogP contribution in [0.2, 0.25) is 5.02 Å². The maximum absolute atomic E-state index is 12.6. The maximum atomic E-state index is 12.6. The fourth-order valence-electron chi connectivity index (χ4n) is 2.06. The number of carbonyl (C=O) groups is 1. The molecule has 0 fully saturated rings. The van der Waals surface area contributed by atoms with Crippen molar-refractivity contribution < 1.29 is 9.53 Å². The molecule has 1 N–H and O–H groups in total. The fourth-order valence-corrected chi connectivity index (χ4v) is 2.36. The van der Waals surface area contributed by atoms with E-state index < -0.39 is 5.54 Å². The van der Waals surface area contributed by atoms with E-state index in [1.807, 2.05) is 13.0 Å². The maximum Gasteiger partial charge on any atom is 0.251 e. The van der Waals surface area contributed by atoms with Crippen LogP contribution in [-0.2, 0) is 10.3 Å². The molecule has 1 heterocycles. The van der Waals surface area contributed by atoms with Gasteiger partial charge in [0.05, 0.1) is 23.9 Å². The molecule has 0 aliphatic carbocycles. The first-order valence-corrected chi connectivity index (χ1v) is 7.28. The molecular weight excluding hydrogens is 316 g/mol. The van der Waals surface area contributed by atoms with Crippen molar-refractivity contribution in [2.24, 2.45) is 0 Å². The average Bonchev–Trinajstić information content (AvgIpc) is 2.93. The summed E-state index contributed by atoms with van der Waals surface area (Å²) in [6.07, 6.45) is 3.48. The number of carbonyl (C=O) groups excluding carboxylic acids is 1. The van der Waals surface area contributed by atoms with Gasteiger partial charge in [-0.05, 0) is 38.5 Å². The van der Waals surface area contributed by atoms with Gasteiger partial charge in [-0.2, -0.15) is 10.4 Å². The quantitative estimate of drug-likeness (QED) is 0.933. The minimum atomic E-state index is -0.895. The molecule has 2 rings (SSSR count). The van der Waals surface area contributed by atoms with Crippen LogP contribution >= 0.6 is 11.6 Å². The molecule has 0 saturated heterocycles. The fraction of sp³-hybridized carbons (Fsp3) is 0.312. The Labute approximate surface area is 139 Å². The van der Waals surface area contributed by atoms with Crippen molar-refractivity contribution in [3.05, 3.63) is 40.7 Å². The van der Waals surface area contributed by atoms with Gasteiger partial charge in [-0.15, -0.1) is 0 Å². The molecule has 0 aliphatic heterocycles.